The van der Waals surface area contributed by atoms with E-state index in [1.807, 2.05) is 0 Å². The highest BCUT2D eigenvalue weighted by atomic mass is 35.5. The first-order valence-electron chi connectivity index (χ1n) is 13.5. The van der Waals surface area contributed by atoms with Gasteiger partial charge in [0.1, 0.15) is 22.4 Å². The van der Waals surface area contributed by atoms with Gasteiger partial charge in [-0.05, 0) is 91.4 Å². The van der Waals surface area contributed by atoms with Crippen molar-refractivity contribution >= 4 is 44.6 Å². The third-order valence-electron chi connectivity index (χ3n) is 7.39. The number of likely N-dealkylation sites (tertiary alicyclic amines) is 1. The molecule has 1 fully saturated rings. The molecule has 2 heterocycles. The van der Waals surface area contributed by atoms with Crippen LogP contribution in [0.15, 0.2) is 78.0 Å². The van der Waals surface area contributed by atoms with Gasteiger partial charge in [0.2, 0.25) is 0 Å². The molecule has 0 bridgehead atoms. The minimum atomic E-state index is -4.29. The first-order valence-corrected chi connectivity index (χ1v) is 15.3. The predicted molar refractivity (Wildman–Crippen MR) is 162 cm³/mol. The Kier molecular flexibility index (Phi) is 8.84. The fourth-order valence-electron chi connectivity index (χ4n) is 5.03. The Labute approximate surface area is 253 Å². The highest BCUT2D eigenvalue weighted by Crippen LogP contribution is 2.37. The van der Waals surface area contributed by atoms with Crippen LogP contribution in [0.3, 0.4) is 0 Å². The molecule has 0 atom stereocenters. The number of aromatic nitrogens is 1. The minimum absolute atomic E-state index is 0.0344. The van der Waals surface area contributed by atoms with Crippen molar-refractivity contribution in [2.24, 2.45) is 0 Å². The first-order chi connectivity index (χ1) is 20.6. The fourth-order valence-corrected chi connectivity index (χ4v) is 6.60. The van der Waals surface area contributed by atoms with Crippen molar-refractivity contribution in [2.75, 3.05) is 30.2 Å². The largest absolute Gasteiger partial charge is 0.497 e. The van der Waals surface area contributed by atoms with E-state index in [1.54, 1.807) is 36.1 Å². The van der Waals surface area contributed by atoms with Gasteiger partial charge in [-0.3, -0.25) is 9.52 Å². The number of aryl methyl sites for hydroxylation is 1. The molecule has 1 saturated heterocycles. The standard InChI is InChI=1S/C31H29ClF2N4O4S/c1-19-17-23(34)7-12-27(19)36-29-26(31(39)38-15-13-21(14-16-38)20-3-5-22(33)6-4-20)18-35-30(28(29)32)43(40,41)37-24-8-10-25(42-2)11-9-24/h3-12,17-18,21,37H,13-16H2,1-2H3,(H,35,36). The average Bonchev–Trinajstić information content (AvgIpc) is 2.99. The Balaban J connectivity index is 1.46. The van der Waals surface area contributed by atoms with E-state index in [0.29, 0.717) is 42.9 Å². The van der Waals surface area contributed by atoms with Crippen LogP contribution in [0.2, 0.25) is 5.02 Å². The summed E-state index contributed by atoms with van der Waals surface area (Å²) in [6.45, 7) is 2.52. The molecule has 1 aliphatic rings. The number of carbonyl (C=O) groups excluding carboxylic acids is 1. The van der Waals surface area contributed by atoms with Crippen molar-refractivity contribution in [1.29, 1.82) is 0 Å². The van der Waals surface area contributed by atoms with E-state index in [2.05, 4.69) is 15.0 Å². The number of halogens is 3. The van der Waals surface area contributed by atoms with Crippen molar-refractivity contribution < 1.29 is 26.7 Å². The molecule has 1 aromatic heterocycles. The molecular formula is C31H29ClF2N4O4S. The molecule has 3 aromatic carbocycles. The molecule has 12 heteroatoms. The van der Waals surface area contributed by atoms with Crippen LogP contribution in [-0.4, -0.2) is 44.4 Å². The van der Waals surface area contributed by atoms with Crippen molar-refractivity contribution in [3.63, 3.8) is 0 Å². The number of nitrogens with one attached hydrogen (secondary N) is 2. The summed E-state index contributed by atoms with van der Waals surface area (Å²) in [6.07, 6.45) is 2.51. The lowest BCUT2D eigenvalue weighted by Gasteiger charge is -2.33. The number of piperidine rings is 1. The molecule has 1 amide bonds. The van der Waals surface area contributed by atoms with E-state index in [9.17, 15) is 22.0 Å². The van der Waals surface area contributed by atoms with Gasteiger partial charge in [-0.25, -0.2) is 13.8 Å². The molecule has 0 radical (unpaired) electrons. The van der Waals surface area contributed by atoms with E-state index >= 15 is 0 Å². The topological polar surface area (TPSA) is 101 Å². The predicted octanol–water partition coefficient (Wildman–Crippen LogP) is 6.89. The van der Waals surface area contributed by atoms with Crippen molar-refractivity contribution in [3.8, 4) is 5.75 Å². The minimum Gasteiger partial charge on any atom is -0.497 e. The lowest BCUT2D eigenvalue weighted by molar-refractivity contribution is 0.0713. The van der Waals surface area contributed by atoms with Crippen LogP contribution in [0.5, 0.6) is 5.75 Å². The Morgan fingerprint density at radius 1 is 1.00 bits per heavy atom. The Bertz CT molecular complexity index is 1750. The van der Waals surface area contributed by atoms with Gasteiger partial charge in [0.05, 0.1) is 18.4 Å². The molecule has 4 aromatic rings. The maximum atomic E-state index is 13.8. The second-order valence-corrected chi connectivity index (χ2v) is 12.2. The molecular weight excluding hydrogens is 598 g/mol. The average molecular weight is 627 g/mol. The van der Waals surface area contributed by atoms with Crippen molar-refractivity contribution in [1.82, 2.24) is 9.88 Å². The summed E-state index contributed by atoms with van der Waals surface area (Å²) in [5.41, 5.74) is 2.32. The van der Waals surface area contributed by atoms with Crippen LogP contribution in [-0.2, 0) is 10.0 Å². The number of hydrogen-bond acceptors (Lipinski definition) is 6. The number of carbonyl (C=O) groups is 1. The third kappa shape index (κ3) is 6.73. The third-order valence-corrected chi connectivity index (χ3v) is 9.19. The molecule has 1 aliphatic heterocycles. The smallest absolute Gasteiger partial charge is 0.281 e. The zero-order valence-corrected chi connectivity index (χ0v) is 25.0. The zero-order valence-electron chi connectivity index (χ0n) is 23.4. The monoisotopic (exact) mass is 626 g/mol. The Hall–Kier alpha value is -4.22. The summed E-state index contributed by atoms with van der Waals surface area (Å²) in [5.74, 6) is -0.425. The van der Waals surface area contributed by atoms with E-state index in [-0.39, 0.29) is 39.6 Å². The lowest BCUT2D eigenvalue weighted by Crippen LogP contribution is -2.38. The van der Waals surface area contributed by atoms with Gasteiger partial charge < -0.3 is 15.0 Å². The summed E-state index contributed by atoms with van der Waals surface area (Å²) in [6, 6.07) is 16.6. The number of rotatable bonds is 8. The van der Waals surface area contributed by atoms with Gasteiger partial charge in [-0.2, -0.15) is 8.42 Å². The normalized spacial score (nSPS) is 13.9. The first kappa shape index (κ1) is 30.2. The number of sulfonamides is 1. The summed E-state index contributed by atoms with van der Waals surface area (Å²) in [4.78, 5) is 19.6. The van der Waals surface area contributed by atoms with Gasteiger partial charge in [0.15, 0.2) is 5.03 Å². The molecule has 0 spiro atoms. The van der Waals surface area contributed by atoms with E-state index in [1.165, 1.54) is 55.8 Å². The van der Waals surface area contributed by atoms with Crippen LogP contribution >= 0.6 is 11.6 Å². The number of hydrogen-bond donors (Lipinski definition) is 2. The summed E-state index contributed by atoms with van der Waals surface area (Å²) in [5, 5.41) is 2.28. The van der Waals surface area contributed by atoms with Gasteiger partial charge in [-0.1, -0.05) is 23.7 Å². The van der Waals surface area contributed by atoms with Gasteiger partial charge in [0, 0.05) is 30.7 Å². The molecule has 2 N–H and O–H groups in total. The highest BCUT2D eigenvalue weighted by molar-refractivity contribution is 7.92. The van der Waals surface area contributed by atoms with Crippen molar-refractivity contribution in [3.05, 3.63) is 106 Å². The number of nitrogens with zero attached hydrogens (tertiary/aromatic N) is 2. The second kappa shape index (κ2) is 12.6. The molecule has 0 aliphatic carbocycles. The van der Waals surface area contributed by atoms with Gasteiger partial charge in [0.25, 0.3) is 15.9 Å². The lowest BCUT2D eigenvalue weighted by atomic mass is 9.89. The Morgan fingerprint density at radius 3 is 2.28 bits per heavy atom. The van der Waals surface area contributed by atoms with E-state index < -0.39 is 20.9 Å². The molecule has 43 heavy (non-hydrogen) atoms. The van der Waals surface area contributed by atoms with Crippen molar-refractivity contribution in [2.45, 2.75) is 30.7 Å². The molecule has 0 saturated carbocycles. The molecule has 224 valence electrons. The highest BCUT2D eigenvalue weighted by Gasteiger charge is 2.31. The zero-order chi connectivity index (χ0) is 30.7. The fraction of sp³-hybridized carbons (Fsp3) is 0.226. The summed E-state index contributed by atoms with van der Waals surface area (Å²) in [7, 11) is -2.79. The summed E-state index contributed by atoms with van der Waals surface area (Å²) >= 11 is 6.71. The molecule has 8 nitrogen and oxygen atoms in total. The SMILES string of the molecule is COc1ccc(NS(=O)(=O)c2ncc(C(=O)N3CCC(c4ccc(F)cc4)CC3)c(Nc3ccc(F)cc3C)c2Cl)cc1. The number of methoxy groups -OCH3 is 1. The number of pyridine rings is 1. The quantitative estimate of drug-likeness (QED) is 0.221. The molecule has 5 rings (SSSR count). The summed E-state index contributed by atoms with van der Waals surface area (Å²) < 4.78 is 61.5. The number of anilines is 3. The molecule has 0 unspecified atom stereocenters. The van der Waals surface area contributed by atoms with Crippen LogP contribution in [0.1, 0.15) is 40.2 Å². The van der Waals surface area contributed by atoms with Crippen LogP contribution < -0.4 is 14.8 Å². The maximum absolute atomic E-state index is 13.8. The van der Waals surface area contributed by atoms with Crippen LogP contribution in [0, 0.1) is 18.6 Å². The van der Waals surface area contributed by atoms with E-state index in [0.717, 1.165) is 5.56 Å². The number of ether oxygens (including phenoxy) is 1. The van der Waals surface area contributed by atoms with Gasteiger partial charge >= 0.3 is 0 Å². The maximum Gasteiger partial charge on any atom is 0.281 e. The number of benzene rings is 3. The van der Waals surface area contributed by atoms with E-state index in [4.69, 9.17) is 16.3 Å². The number of amides is 1. The van der Waals surface area contributed by atoms with Crippen LogP contribution in [0.25, 0.3) is 0 Å². The van der Waals surface area contributed by atoms with Gasteiger partial charge in [-0.15, -0.1) is 0 Å². The second-order valence-electron chi connectivity index (χ2n) is 10.2. The van der Waals surface area contributed by atoms with Crippen LogP contribution in [0.4, 0.5) is 25.8 Å². The Morgan fingerprint density at radius 2 is 1.65 bits per heavy atom.